The lowest BCUT2D eigenvalue weighted by atomic mass is 10.2. The Morgan fingerprint density at radius 3 is 2.46 bits per heavy atom. The van der Waals surface area contributed by atoms with Gasteiger partial charge in [0.1, 0.15) is 0 Å². The largest absolute Gasteiger partial charge is 0.379 e. The van der Waals surface area contributed by atoms with Gasteiger partial charge in [0.15, 0.2) is 5.13 Å². The van der Waals surface area contributed by atoms with E-state index in [-0.39, 0.29) is 23.0 Å². The van der Waals surface area contributed by atoms with Crippen LogP contribution in [0.3, 0.4) is 0 Å². The van der Waals surface area contributed by atoms with E-state index in [1.165, 1.54) is 27.8 Å². The molecule has 3 heterocycles. The van der Waals surface area contributed by atoms with E-state index in [4.69, 9.17) is 14.5 Å². The first kappa shape index (κ1) is 28.5. The number of amides is 1. The number of rotatable bonds is 8. The molecule has 39 heavy (non-hydrogen) atoms. The number of morpholine rings is 2. The maximum absolute atomic E-state index is 13.8. The summed E-state index contributed by atoms with van der Waals surface area (Å²) in [6.45, 7) is 8.53. The molecule has 1 aromatic heterocycles. The highest BCUT2D eigenvalue weighted by Crippen LogP contribution is 2.32. The molecule has 1 amide bonds. The Morgan fingerprint density at radius 2 is 1.79 bits per heavy atom. The van der Waals surface area contributed by atoms with Crippen molar-refractivity contribution in [3.63, 3.8) is 0 Å². The van der Waals surface area contributed by atoms with Gasteiger partial charge in [-0.15, -0.1) is 11.8 Å². The normalized spacial score (nSPS) is 21.3. The number of carbonyl (C=O) groups excluding carboxylic acids is 1. The second-order valence-electron chi connectivity index (χ2n) is 9.84. The quantitative estimate of drug-likeness (QED) is 0.366. The van der Waals surface area contributed by atoms with Gasteiger partial charge in [0.25, 0.3) is 5.91 Å². The standard InChI is InChI=1S/C27H34N4O5S3/c1-19-17-30(18-20(2)36-19)39(33,34)23-7-4-21(5-8-23)26(32)31(11-10-29-12-14-35-15-13-29)27-28-24-9-6-22(37-3)16-25(24)38-27/h4-9,16,19-20H,10-15,17-18H2,1-3H3. The van der Waals surface area contributed by atoms with Crippen molar-refractivity contribution >= 4 is 54.4 Å². The third-order valence-electron chi connectivity index (χ3n) is 6.93. The van der Waals surface area contributed by atoms with Crippen molar-refractivity contribution in [3.8, 4) is 0 Å². The zero-order valence-corrected chi connectivity index (χ0v) is 24.9. The van der Waals surface area contributed by atoms with Gasteiger partial charge >= 0.3 is 0 Å². The maximum Gasteiger partial charge on any atom is 0.260 e. The molecule has 2 atom stereocenters. The van der Waals surface area contributed by atoms with E-state index in [1.54, 1.807) is 28.8 Å². The van der Waals surface area contributed by atoms with Crippen molar-refractivity contribution in [2.24, 2.45) is 0 Å². The molecule has 0 radical (unpaired) electrons. The Balaban J connectivity index is 1.40. The molecule has 0 aliphatic carbocycles. The molecule has 210 valence electrons. The topological polar surface area (TPSA) is 92.3 Å². The summed E-state index contributed by atoms with van der Waals surface area (Å²) >= 11 is 3.16. The summed E-state index contributed by atoms with van der Waals surface area (Å²) in [5.41, 5.74) is 1.27. The van der Waals surface area contributed by atoms with Crippen molar-refractivity contribution in [2.45, 2.75) is 35.8 Å². The van der Waals surface area contributed by atoms with Crippen LogP contribution >= 0.6 is 23.1 Å². The number of thiazole rings is 1. The summed E-state index contributed by atoms with van der Waals surface area (Å²) in [7, 11) is -3.69. The first-order valence-electron chi connectivity index (χ1n) is 13.1. The molecule has 2 unspecified atom stereocenters. The number of hydrogen-bond acceptors (Lipinski definition) is 9. The van der Waals surface area contributed by atoms with Gasteiger partial charge in [-0.2, -0.15) is 4.31 Å². The molecule has 2 fully saturated rings. The monoisotopic (exact) mass is 590 g/mol. The van der Waals surface area contributed by atoms with Crippen LogP contribution in [0.2, 0.25) is 0 Å². The minimum atomic E-state index is -3.69. The Hall–Kier alpha value is -2.06. The van der Waals surface area contributed by atoms with Crippen LogP contribution in [-0.2, 0) is 19.5 Å². The van der Waals surface area contributed by atoms with Crippen molar-refractivity contribution in [1.82, 2.24) is 14.2 Å². The number of sulfonamides is 1. The lowest BCUT2D eigenvalue weighted by molar-refractivity contribution is -0.0440. The first-order valence-corrected chi connectivity index (χ1v) is 16.5. The van der Waals surface area contributed by atoms with Crippen molar-refractivity contribution in [2.75, 3.05) is 63.6 Å². The van der Waals surface area contributed by atoms with E-state index in [0.29, 0.717) is 50.1 Å². The number of carbonyl (C=O) groups is 1. The van der Waals surface area contributed by atoms with Crippen LogP contribution in [0.4, 0.5) is 5.13 Å². The van der Waals surface area contributed by atoms with Crippen LogP contribution in [0.5, 0.6) is 0 Å². The molecule has 2 saturated heterocycles. The molecule has 0 saturated carbocycles. The van der Waals surface area contributed by atoms with E-state index in [9.17, 15) is 13.2 Å². The number of fused-ring (bicyclic) bond motifs is 1. The van der Waals surface area contributed by atoms with E-state index < -0.39 is 10.0 Å². The minimum Gasteiger partial charge on any atom is -0.379 e. The van der Waals surface area contributed by atoms with Crippen LogP contribution < -0.4 is 4.90 Å². The molecule has 12 heteroatoms. The minimum absolute atomic E-state index is 0.171. The summed E-state index contributed by atoms with van der Waals surface area (Å²) in [6.07, 6.45) is 1.68. The highest BCUT2D eigenvalue weighted by molar-refractivity contribution is 7.98. The Morgan fingerprint density at radius 1 is 1.10 bits per heavy atom. The van der Waals surface area contributed by atoms with Crippen LogP contribution in [0.25, 0.3) is 10.2 Å². The Labute approximate surface area is 238 Å². The SMILES string of the molecule is CSc1ccc2nc(N(CCN3CCOCC3)C(=O)c3ccc(S(=O)(=O)N4CC(C)OC(C)C4)cc3)sc2c1. The van der Waals surface area contributed by atoms with E-state index in [0.717, 1.165) is 28.2 Å². The van der Waals surface area contributed by atoms with Gasteiger partial charge in [0.05, 0.1) is 40.5 Å². The molecule has 2 aliphatic rings. The Bertz CT molecular complexity index is 1400. The molecule has 0 spiro atoms. The number of thioether (sulfide) groups is 1. The van der Waals surface area contributed by atoms with E-state index in [2.05, 4.69) is 11.0 Å². The predicted molar refractivity (Wildman–Crippen MR) is 156 cm³/mol. The molecular formula is C27H34N4O5S3. The van der Waals surface area contributed by atoms with E-state index in [1.807, 2.05) is 32.2 Å². The summed E-state index contributed by atoms with van der Waals surface area (Å²) in [5, 5.41) is 0.634. The highest BCUT2D eigenvalue weighted by atomic mass is 32.2. The molecule has 0 N–H and O–H groups in total. The number of ether oxygens (including phenoxy) is 2. The fourth-order valence-electron chi connectivity index (χ4n) is 4.89. The van der Waals surface area contributed by atoms with Gasteiger partial charge in [0.2, 0.25) is 10.0 Å². The molecule has 9 nitrogen and oxygen atoms in total. The second-order valence-corrected chi connectivity index (χ2v) is 13.7. The van der Waals surface area contributed by atoms with Crippen molar-refractivity contribution in [3.05, 3.63) is 48.0 Å². The average molecular weight is 591 g/mol. The first-order chi connectivity index (χ1) is 18.7. The zero-order chi connectivity index (χ0) is 27.6. The predicted octanol–water partition coefficient (Wildman–Crippen LogP) is 3.80. The van der Waals surface area contributed by atoms with Gasteiger partial charge in [-0.05, 0) is 62.6 Å². The summed E-state index contributed by atoms with van der Waals surface area (Å²) in [6, 6.07) is 12.4. The van der Waals surface area contributed by atoms with Gasteiger partial charge in [-0.1, -0.05) is 11.3 Å². The van der Waals surface area contributed by atoms with Gasteiger partial charge in [0, 0.05) is 49.7 Å². The molecule has 0 bridgehead atoms. The van der Waals surface area contributed by atoms with E-state index >= 15 is 0 Å². The lowest BCUT2D eigenvalue weighted by Gasteiger charge is -2.34. The van der Waals surface area contributed by atoms with Gasteiger partial charge in [-0.3, -0.25) is 14.6 Å². The fourth-order valence-corrected chi connectivity index (χ4v) is 8.02. The molecule has 3 aromatic rings. The summed E-state index contributed by atoms with van der Waals surface area (Å²) < 4.78 is 40.2. The van der Waals surface area contributed by atoms with Crippen LogP contribution in [0.1, 0.15) is 24.2 Å². The Kier molecular flexibility index (Phi) is 8.91. The maximum atomic E-state index is 13.8. The highest BCUT2D eigenvalue weighted by Gasteiger charge is 2.32. The number of hydrogen-bond donors (Lipinski definition) is 0. The lowest BCUT2D eigenvalue weighted by Crippen LogP contribution is -2.48. The molecule has 2 aromatic carbocycles. The van der Waals surface area contributed by atoms with Gasteiger partial charge in [-0.25, -0.2) is 13.4 Å². The number of benzene rings is 2. The summed E-state index contributed by atoms with van der Waals surface area (Å²) in [4.78, 5) is 23.9. The van der Waals surface area contributed by atoms with Gasteiger partial charge < -0.3 is 9.47 Å². The number of nitrogens with zero attached hydrogens (tertiary/aromatic N) is 4. The third kappa shape index (κ3) is 6.48. The van der Waals surface area contributed by atoms with Crippen LogP contribution in [0, 0.1) is 0 Å². The molecule has 2 aliphatic heterocycles. The second kappa shape index (κ2) is 12.2. The van der Waals surface area contributed by atoms with Crippen LogP contribution in [0.15, 0.2) is 52.3 Å². The molecule has 5 rings (SSSR count). The fraction of sp³-hybridized carbons (Fsp3) is 0.481. The zero-order valence-electron chi connectivity index (χ0n) is 22.4. The third-order valence-corrected chi connectivity index (χ3v) is 10.5. The number of aromatic nitrogens is 1. The molecular weight excluding hydrogens is 557 g/mol. The van der Waals surface area contributed by atoms with Crippen molar-refractivity contribution in [1.29, 1.82) is 0 Å². The smallest absolute Gasteiger partial charge is 0.260 e. The van der Waals surface area contributed by atoms with Crippen molar-refractivity contribution < 1.29 is 22.7 Å². The van der Waals surface area contributed by atoms with Crippen LogP contribution in [-0.4, -0.2) is 99.5 Å². The number of anilines is 1. The summed E-state index contributed by atoms with van der Waals surface area (Å²) in [5.74, 6) is -0.204. The average Bonchev–Trinajstić information content (AvgIpc) is 3.36.